The minimum absolute atomic E-state index is 0.167. The van der Waals surface area contributed by atoms with Crippen LogP contribution in [0.4, 0.5) is 0 Å². The van der Waals surface area contributed by atoms with E-state index >= 15 is 0 Å². The molecule has 0 saturated carbocycles. The second kappa shape index (κ2) is 3.15. The van der Waals surface area contributed by atoms with Gasteiger partial charge in [0.25, 0.3) is 0 Å². The Hall–Kier alpha value is -0.710. The van der Waals surface area contributed by atoms with Gasteiger partial charge in [0.1, 0.15) is 5.60 Å². The van der Waals surface area contributed by atoms with Crippen LogP contribution in [0.25, 0.3) is 0 Å². The van der Waals surface area contributed by atoms with Crippen molar-refractivity contribution in [3.8, 4) is 0 Å². The maximum absolute atomic E-state index is 11.2. The molecule has 5 heteroatoms. The van der Waals surface area contributed by atoms with E-state index in [1.165, 1.54) is 6.92 Å². The Balaban J connectivity index is 2.01. The number of ether oxygens (including phenoxy) is 1. The van der Waals surface area contributed by atoms with Gasteiger partial charge in [0.15, 0.2) is 0 Å². The fraction of sp³-hybridized carbons (Fsp3) is 0.778. The molecule has 0 N–H and O–H groups in total. The maximum Gasteiger partial charge on any atom is 0.303 e. The molecule has 2 fully saturated rings. The Kier molecular flexibility index (Phi) is 2.21. The fourth-order valence-electron chi connectivity index (χ4n) is 1.85. The van der Waals surface area contributed by atoms with Gasteiger partial charge in [-0.15, -0.1) is 11.8 Å². The van der Waals surface area contributed by atoms with Gasteiger partial charge in [-0.3, -0.25) is 9.59 Å². The molecule has 0 radical (unpaired) electrons. The van der Waals surface area contributed by atoms with Crippen molar-refractivity contribution in [2.45, 2.75) is 31.2 Å². The number of carbonyl (C=O) groups is 2. The van der Waals surface area contributed by atoms with Crippen molar-refractivity contribution in [2.75, 3.05) is 12.3 Å². The Morgan fingerprint density at radius 2 is 2.43 bits per heavy atom. The molecule has 2 rings (SSSR count). The summed E-state index contributed by atoms with van der Waals surface area (Å²) in [6.45, 7) is 3.83. The van der Waals surface area contributed by atoms with E-state index < -0.39 is 5.60 Å². The predicted molar refractivity (Wildman–Crippen MR) is 52.7 cm³/mol. The van der Waals surface area contributed by atoms with Gasteiger partial charge in [-0.1, -0.05) is 0 Å². The minimum atomic E-state index is -0.497. The summed E-state index contributed by atoms with van der Waals surface area (Å²) >= 11 is 1.69. The van der Waals surface area contributed by atoms with Crippen molar-refractivity contribution < 1.29 is 14.3 Å². The standard InChI is InChI=1S/C9H13NO3S/c1-6(11)13-9(2)4-10-7(12)3-8(10)14-5-9/h8H,3-5H2,1-2H3/t8-,9?/m1/s1. The molecular formula is C9H13NO3S. The first kappa shape index (κ1) is 9.83. The third-order valence-electron chi connectivity index (χ3n) is 2.49. The lowest BCUT2D eigenvalue weighted by Gasteiger charge is -2.49. The van der Waals surface area contributed by atoms with Crippen LogP contribution in [-0.2, 0) is 14.3 Å². The molecule has 0 aromatic carbocycles. The topological polar surface area (TPSA) is 46.6 Å². The second-order valence-electron chi connectivity index (χ2n) is 4.03. The summed E-state index contributed by atoms with van der Waals surface area (Å²) < 4.78 is 5.23. The molecule has 0 bridgehead atoms. The van der Waals surface area contributed by atoms with E-state index in [2.05, 4.69) is 0 Å². The number of amides is 1. The van der Waals surface area contributed by atoms with Crippen LogP contribution in [0.5, 0.6) is 0 Å². The average Bonchev–Trinajstić information content (AvgIpc) is 2.06. The summed E-state index contributed by atoms with van der Waals surface area (Å²) in [7, 11) is 0. The number of hydrogen-bond acceptors (Lipinski definition) is 4. The van der Waals surface area contributed by atoms with Crippen molar-refractivity contribution in [3.05, 3.63) is 0 Å². The molecule has 2 heterocycles. The van der Waals surface area contributed by atoms with E-state index in [-0.39, 0.29) is 11.9 Å². The van der Waals surface area contributed by atoms with Crippen molar-refractivity contribution in [3.63, 3.8) is 0 Å². The molecule has 0 aromatic heterocycles. The van der Waals surface area contributed by atoms with Crippen LogP contribution in [-0.4, -0.2) is 40.0 Å². The molecule has 1 unspecified atom stereocenters. The van der Waals surface area contributed by atoms with Gasteiger partial charge in [0, 0.05) is 12.7 Å². The van der Waals surface area contributed by atoms with Gasteiger partial charge in [0.05, 0.1) is 18.3 Å². The molecule has 0 spiro atoms. The molecule has 14 heavy (non-hydrogen) atoms. The van der Waals surface area contributed by atoms with Crippen molar-refractivity contribution in [2.24, 2.45) is 0 Å². The number of thioether (sulfide) groups is 1. The van der Waals surface area contributed by atoms with Gasteiger partial charge < -0.3 is 9.64 Å². The highest BCUT2D eigenvalue weighted by atomic mass is 32.2. The fourth-order valence-corrected chi connectivity index (χ4v) is 3.18. The van der Waals surface area contributed by atoms with Gasteiger partial charge >= 0.3 is 5.97 Å². The van der Waals surface area contributed by atoms with E-state index in [4.69, 9.17) is 4.74 Å². The normalized spacial score (nSPS) is 36.0. The van der Waals surface area contributed by atoms with Crippen LogP contribution in [0.3, 0.4) is 0 Å². The summed E-state index contributed by atoms with van der Waals surface area (Å²) in [5.41, 5.74) is -0.497. The van der Waals surface area contributed by atoms with Gasteiger partial charge in [-0.25, -0.2) is 0 Å². The van der Waals surface area contributed by atoms with Crippen LogP contribution < -0.4 is 0 Å². The van der Waals surface area contributed by atoms with Crippen LogP contribution in [0.2, 0.25) is 0 Å². The third-order valence-corrected chi connectivity index (χ3v) is 4.08. The van der Waals surface area contributed by atoms with Crippen molar-refractivity contribution in [1.29, 1.82) is 0 Å². The first-order valence-corrected chi connectivity index (χ1v) is 5.66. The molecule has 2 aliphatic rings. The summed E-state index contributed by atoms with van der Waals surface area (Å²) in [5.74, 6) is 0.668. The molecule has 2 atom stereocenters. The zero-order chi connectivity index (χ0) is 10.3. The zero-order valence-electron chi connectivity index (χ0n) is 8.28. The second-order valence-corrected chi connectivity index (χ2v) is 5.20. The molecular weight excluding hydrogens is 202 g/mol. The first-order valence-electron chi connectivity index (χ1n) is 4.61. The highest BCUT2D eigenvalue weighted by Crippen LogP contribution is 2.38. The van der Waals surface area contributed by atoms with Crippen molar-refractivity contribution in [1.82, 2.24) is 4.90 Å². The summed E-state index contributed by atoms with van der Waals surface area (Å²) in [6, 6.07) is 0. The Bertz CT molecular complexity index is 294. The molecule has 0 aliphatic carbocycles. The predicted octanol–water partition coefficient (Wildman–Crippen LogP) is 0.613. The van der Waals surface area contributed by atoms with E-state index in [1.807, 2.05) is 6.92 Å². The first-order chi connectivity index (χ1) is 6.50. The number of rotatable bonds is 1. The Morgan fingerprint density at radius 1 is 1.71 bits per heavy atom. The van der Waals surface area contributed by atoms with Gasteiger partial charge in [-0.2, -0.15) is 0 Å². The lowest BCUT2D eigenvalue weighted by atomic mass is 10.0. The monoisotopic (exact) mass is 215 g/mol. The zero-order valence-corrected chi connectivity index (χ0v) is 9.10. The van der Waals surface area contributed by atoms with Crippen molar-refractivity contribution >= 4 is 23.6 Å². The summed E-state index contributed by atoms with van der Waals surface area (Å²) in [6.07, 6.45) is 0.640. The quantitative estimate of drug-likeness (QED) is 0.475. The van der Waals surface area contributed by atoms with E-state index in [1.54, 1.807) is 16.7 Å². The number of nitrogens with zero attached hydrogens (tertiary/aromatic N) is 1. The van der Waals surface area contributed by atoms with E-state index in [9.17, 15) is 9.59 Å². The number of carbonyl (C=O) groups excluding carboxylic acids is 2. The van der Waals surface area contributed by atoms with E-state index in [0.29, 0.717) is 18.3 Å². The average molecular weight is 215 g/mol. The molecule has 0 aromatic rings. The molecule has 4 nitrogen and oxygen atoms in total. The minimum Gasteiger partial charge on any atom is -0.457 e. The van der Waals surface area contributed by atoms with Crippen LogP contribution in [0.15, 0.2) is 0 Å². The molecule has 2 saturated heterocycles. The number of esters is 1. The van der Waals surface area contributed by atoms with Crippen LogP contribution in [0, 0.1) is 0 Å². The number of hydrogen-bond donors (Lipinski definition) is 0. The smallest absolute Gasteiger partial charge is 0.303 e. The molecule has 1 amide bonds. The molecule has 2 aliphatic heterocycles. The Morgan fingerprint density at radius 3 is 3.00 bits per heavy atom. The lowest BCUT2D eigenvalue weighted by Crippen LogP contribution is -2.61. The van der Waals surface area contributed by atoms with E-state index in [0.717, 1.165) is 5.75 Å². The van der Waals surface area contributed by atoms with Crippen LogP contribution in [0.1, 0.15) is 20.3 Å². The SMILES string of the molecule is CC(=O)OC1(C)CS[C@@H]2CC(=O)N2C1. The van der Waals surface area contributed by atoms with Gasteiger partial charge in [0.2, 0.25) is 5.91 Å². The maximum atomic E-state index is 11.2. The summed E-state index contributed by atoms with van der Waals surface area (Å²) in [4.78, 5) is 23.9. The number of β-lactam (4-membered cyclic amide) rings is 1. The van der Waals surface area contributed by atoms with Crippen LogP contribution >= 0.6 is 11.8 Å². The summed E-state index contributed by atoms with van der Waals surface area (Å²) in [5, 5.41) is 0.325. The lowest BCUT2D eigenvalue weighted by molar-refractivity contribution is -0.163. The largest absolute Gasteiger partial charge is 0.457 e. The third kappa shape index (κ3) is 1.61. The molecule has 78 valence electrons. The highest BCUT2D eigenvalue weighted by molar-refractivity contribution is 8.00. The highest BCUT2D eigenvalue weighted by Gasteiger charge is 2.47. The number of fused-ring (bicyclic) bond motifs is 1. The van der Waals surface area contributed by atoms with Gasteiger partial charge in [-0.05, 0) is 6.92 Å². The Labute approximate surface area is 87.0 Å².